The van der Waals surface area contributed by atoms with Crippen LogP contribution in [0.1, 0.15) is 11.5 Å². The molecule has 3 heterocycles. The Bertz CT molecular complexity index is 789. The van der Waals surface area contributed by atoms with Crippen molar-refractivity contribution in [1.29, 1.82) is 0 Å². The van der Waals surface area contributed by atoms with E-state index in [4.69, 9.17) is 11.6 Å². The Hall–Kier alpha value is -2.12. The number of thiazole rings is 1. The summed E-state index contributed by atoms with van der Waals surface area (Å²) in [5.74, 6) is 0.606. The highest BCUT2D eigenvalue weighted by molar-refractivity contribution is 7.15. The third kappa shape index (κ3) is 2.84. The van der Waals surface area contributed by atoms with Crippen molar-refractivity contribution in [3.05, 3.63) is 46.7 Å². The zero-order chi connectivity index (χ0) is 14.8. The van der Waals surface area contributed by atoms with Crippen LogP contribution in [-0.2, 0) is 11.3 Å². The monoisotopic (exact) mass is 321 g/mol. The van der Waals surface area contributed by atoms with Crippen LogP contribution in [0.15, 0.2) is 30.0 Å². The van der Waals surface area contributed by atoms with Crippen molar-refractivity contribution < 1.29 is 4.79 Å². The van der Waals surface area contributed by atoms with Gasteiger partial charge in [-0.05, 0) is 6.08 Å². The van der Waals surface area contributed by atoms with Gasteiger partial charge in [-0.25, -0.2) is 9.97 Å². The molecule has 21 heavy (non-hydrogen) atoms. The summed E-state index contributed by atoms with van der Waals surface area (Å²) in [4.78, 5) is 25.7. The number of H-pyrrole nitrogens is 1. The number of carbonyl (C=O) groups is 1. The number of nitrogens with one attached hydrogen (secondary N) is 1. The molecular formula is C13H12ClN5OS. The predicted molar refractivity (Wildman–Crippen MR) is 82.2 cm³/mol. The van der Waals surface area contributed by atoms with E-state index in [9.17, 15) is 4.79 Å². The van der Waals surface area contributed by atoms with E-state index in [1.807, 2.05) is 16.0 Å². The van der Waals surface area contributed by atoms with Gasteiger partial charge in [0.05, 0.1) is 12.2 Å². The summed E-state index contributed by atoms with van der Waals surface area (Å²) in [6, 6.07) is 0. The number of hydrogen-bond donors (Lipinski definition) is 1. The molecule has 1 N–H and O–H groups in total. The topological polar surface area (TPSA) is 66.3 Å². The van der Waals surface area contributed by atoms with Gasteiger partial charge in [-0.1, -0.05) is 11.6 Å². The van der Waals surface area contributed by atoms with Crippen molar-refractivity contribution >= 4 is 39.9 Å². The van der Waals surface area contributed by atoms with Gasteiger partial charge >= 0.3 is 0 Å². The van der Waals surface area contributed by atoms with Crippen molar-refractivity contribution in [2.24, 2.45) is 0 Å². The largest absolute Gasteiger partial charge is 0.347 e. The zero-order valence-corrected chi connectivity index (χ0v) is 12.7. The quantitative estimate of drug-likeness (QED) is 0.751. The molecule has 3 aromatic rings. The minimum Gasteiger partial charge on any atom is -0.347 e. The van der Waals surface area contributed by atoms with E-state index in [0.29, 0.717) is 17.4 Å². The first-order valence-corrected chi connectivity index (χ1v) is 7.43. The molecule has 0 unspecified atom stereocenters. The molecule has 0 atom stereocenters. The second-order valence-corrected chi connectivity index (χ2v) is 5.64. The number of carbonyl (C=O) groups excluding carboxylic acids is 1. The van der Waals surface area contributed by atoms with Gasteiger partial charge in [0.2, 0.25) is 5.91 Å². The first-order chi connectivity index (χ1) is 10.1. The molecule has 3 rings (SSSR count). The number of hydrogen-bond acceptors (Lipinski definition) is 4. The van der Waals surface area contributed by atoms with Gasteiger partial charge in [-0.3, -0.25) is 9.20 Å². The average molecular weight is 322 g/mol. The second kappa shape index (κ2) is 5.71. The number of imidazole rings is 2. The van der Waals surface area contributed by atoms with Crippen LogP contribution >= 0.6 is 22.9 Å². The van der Waals surface area contributed by atoms with Crippen LogP contribution < -0.4 is 0 Å². The number of fused-ring (bicyclic) bond motifs is 1. The average Bonchev–Trinajstić information content (AvgIpc) is 3.14. The molecule has 0 bridgehead atoms. The first kappa shape index (κ1) is 13.8. The van der Waals surface area contributed by atoms with Crippen LogP contribution in [-0.4, -0.2) is 37.2 Å². The van der Waals surface area contributed by atoms with E-state index in [-0.39, 0.29) is 5.91 Å². The molecule has 0 fully saturated rings. The molecule has 0 aromatic carbocycles. The second-order valence-electron chi connectivity index (χ2n) is 4.41. The number of rotatable bonds is 4. The smallest absolute Gasteiger partial charge is 0.246 e. The predicted octanol–water partition coefficient (Wildman–Crippen LogP) is 2.44. The number of aromatic nitrogens is 4. The molecule has 0 saturated heterocycles. The van der Waals surface area contributed by atoms with E-state index in [2.05, 4.69) is 15.0 Å². The summed E-state index contributed by atoms with van der Waals surface area (Å²) < 4.78 is 1.85. The fourth-order valence-corrected chi connectivity index (χ4v) is 2.90. The van der Waals surface area contributed by atoms with Gasteiger partial charge in [-0.15, -0.1) is 11.3 Å². The summed E-state index contributed by atoms with van der Waals surface area (Å²) in [7, 11) is 1.72. The SMILES string of the molecule is CN(Cc1ncc[nH]1)C(=O)C=Cc1c(Cl)nc2sccn12. The lowest BCUT2D eigenvalue weighted by Crippen LogP contribution is -2.24. The maximum Gasteiger partial charge on any atom is 0.246 e. The van der Waals surface area contributed by atoms with Gasteiger partial charge in [0.15, 0.2) is 10.1 Å². The van der Waals surface area contributed by atoms with Crippen molar-refractivity contribution in [2.45, 2.75) is 6.54 Å². The van der Waals surface area contributed by atoms with Crippen molar-refractivity contribution in [2.75, 3.05) is 7.05 Å². The van der Waals surface area contributed by atoms with Crippen LogP contribution in [0.2, 0.25) is 5.15 Å². The highest BCUT2D eigenvalue weighted by atomic mass is 35.5. The van der Waals surface area contributed by atoms with Crippen LogP contribution in [0.3, 0.4) is 0 Å². The maximum atomic E-state index is 12.1. The van der Waals surface area contributed by atoms with Gasteiger partial charge in [0.1, 0.15) is 5.82 Å². The van der Waals surface area contributed by atoms with Crippen molar-refractivity contribution in [3.63, 3.8) is 0 Å². The fraction of sp³-hybridized carbons (Fsp3) is 0.154. The highest BCUT2D eigenvalue weighted by Crippen LogP contribution is 2.22. The summed E-state index contributed by atoms with van der Waals surface area (Å²) >= 11 is 7.56. The Kier molecular flexibility index (Phi) is 3.76. The standard InChI is InChI=1S/C13H12ClN5OS/c1-18(8-10-15-4-5-16-10)11(20)3-2-9-12(14)17-13-19(9)6-7-21-13/h2-7H,8H2,1H3,(H,15,16). The normalized spacial score (nSPS) is 11.5. The van der Waals surface area contributed by atoms with Crippen LogP contribution in [0.25, 0.3) is 11.0 Å². The van der Waals surface area contributed by atoms with E-state index in [0.717, 1.165) is 10.8 Å². The first-order valence-electron chi connectivity index (χ1n) is 6.17. The third-order valence-corrected chi connectivity index (χ3v) is 3.99. The Morgan fingerprint density at radius 2 is 2.48 bits per heavy atom. The summed E-state index contributed by atoms with van der Waals surface area (Å²) in [5.41, 5.74) is 0.702. The number of nitrogens with zero attached hydrogens (tertiary/aromatic N) is 4. The summed E-state index contributed by atoms with van der Waals surface area (Å²) in [5, 5.41) is 2.31. The molecule has 8 heteroatoms. The van der Waals surface area contributed by atoms with Crippen molar-refractivity contribution in [1.82, 2.24) is 24.3 Å². The van der Waals surface area contributed by atoms with Gasteiger partial charge < -0.3 is 9.88 Å². The van der Waals surface area contributed by atoms with Crippen LogP contribution in [0.5, 0.6) is 0 Å². The minimum atomic E-state index is -0.132. The fourth-order valence-electron chi connectivity index (χ4n) is 1.89. The molecule has 3 aromatic heterocycles. The zero-order valence-electron chi connectivity index (χ0n) is 11.2. The number of aromatic amines is 1. The molecule has 6 nitrogen and oxygen atoms in total. The maximum absolute atomic E-state index is 12.1. The Labute approximate surface area is 129 Å². The number of halogens is 1. The van der Waals surface area contributed by atoms with Crippen molar-refractivity contribution in [3.8, 4) is 0 Å². The highest BCUT2D eigenvalue weighted by Gasteiger charge is 2.11. The molecule has 0 spiro atoms. The number of amides is 1. The lowest BCUT2D eigenvalue weighted by molar-refractivity contribution is -0.125. The Balaban J connectivity index is 1.74. The molecule has 0 aliphatic rings. The molecule has 0 aliphatic heterocycles. The summed E-state index contributed by atoms with van der Waals surface area (Å²) in [6.07, 6.45) is 8.41. The third-order valence-electron chi connectivity index (χ3n) is 2.96. The molecule has 0 saturated carbocycles. The molecular weight excluding hydrogens is 310 g/mol. The minimum absolute atomic E-state index is 0.132. The molecule has 108 valence electrons. The molecule has 0 aliphatic carbocycles. The van der Waals surface area contributed by atoms with Gasteiger partial charge in [-0.2, -0.15) is 0 Å². The lowest BCUT2D eigenvalue weighted by atomic mass is 10.3. The van der Waals surface area contributed by atoms with Crippen LogP contribution in [0, 0.1) is 0 Å². The Morgan fingerprint density at radius 1 is 1.62 bits per heavy atom. The lowest BCUT2D eigenvalue weighted by Gasteiger charge is -2.12. The van der Waals surface area contributed by atoms with E-state index < -0.39 is 0 Å². The molecule has 1 amide bonds. The van der Waals surface area contributed by atoms with E-state index in [1.54, 1.807) is 30.4 Å². The van der Waals surface area contributed by atoms with E-state index in [1.165, 1.54) is 17.4 Å². The molecule has 0 radical (unpaired) electrons. The van der Waals surface area contributed by atoms with Crippen LogP contribution in [0.4, 0.5) is 0 Å². The van der Waals surface area contributed by atoms with E-state index >= 15 is 0 Å². The number of likely N-dealkylation sites (N-methyl/N-ethyl adjacent to an activating group) is 1. The Morgan fingerprint density at radius 3 is 3.24 bits per heavy atom. The van der Waals surface area contributed by atoms with Gasteiger partial charge in [0, 0.05) is 37.1 Å². The summed E-state index contributed by atoms with van der Waals surface area (Å²) in [6.45, 7) is 0.421. The van der Waals surface area contributed by atoms with Gasteiger partial charge in [0.25, 0.3) is 0 Å².